The van der Waals surface area contributed by atoms with Crippen molar-refractivity contribution >= 4 is 5.97 Å². The summed E-state index contributed by atoms with van der Waals surface area (Å²) in [4.78, 5) is 11.6. The smallest absolute Gasteiger partial charge is 0.306 e. The number of benzene rings is 1. The highest BCUT2D eigenvalue weighted by Gasteiger charge is 2.16. The first-order valence-corrected chi connectivity index (χ1v) is 7.01. The largest absolute Gasteiger partial charge is 0.508 e. The Kier molecular flexibility index (Phi) is 6.02. The fraction of sp³-hybridized carbons (Fsp3) is 0.562. The maximum atomic E-state index is 11.6. The van der Waals surface area contributed by atoms with Crippen LogP contribution in [0.1, 0.15) is 45.6 Å². The SMILES string of the molecule is CC(C)(C)OC(=O)CCC(N)CCc1cccc(O)c1. The van der Waals surface area contributed by atoms with Gasteiger partial charge in [0.25, 0.3) is 0 Å². The maximum Gasteiger partial charge on any atom is 0.306 e. The Morgan fingerprint density at radius 1 is 1.35 bits per heavy atom. The molecule has 0 aromatic heterocycles. The van der Waals surface area contributed by atoms with Crippen LogP contribution in [-0.4, -0.2) is 22.7 Å². The summed E-state index contributed by atoms with van der Waals surface area (Å²) in [5.41, 5.74) is 6.61. The average molecular weight is 279 g/mol. The van der Waals surface area contributed by atoms with Gasteiger partial charge in [-0.1, -0.05) is 12.1 Å². The first-order valence-electron chi connectivity index (χ1n) is 7.01. The molecule has 0 aliphatic rings. The molecule has 0 spiro atoms. The number of rotatable bonds is 6. The zero-order valence-electron chi connectivity index (χ0n) is 12.6. The van der Waals surface area contributed by atoms with Crippen LogP contribution < -0.4 is 5.73 Å². The van der Waals surface area contributed by atoms with Gasteiger partial charge in [0.1, 0.15) is 11.4 Å². The van der Waals surface area contributed by atoms with Crippen molar-refractivity contribution in [2.75, 3.05) is 0 Å². The predicted octanol–water partition coefficient (Wildman–Crippen LogP) is 2.77. The number of aromatic hydroxyl groups is 1. The van der Waals surface area contributed by atoms with E-state index in [-0.39, 0.29) is 17.8 Å². The van der Waals surface area contributed by atoms with Crippen molar-refractivity contribution in [3.05, 3.63) is 29.8 Å². The van der Waals surface area contributed by atoms with Gasteiger partial charge in [0.15, 0.2) is 0 Å². The van der Waals surface area contributed by atoms with Gasteiger partial charge < -0.3 is 15.6 Å². The van der Waals surface area contributed by atoms with Crippen molar-refractivity contribution in [2.45, 2.75) is 58.1 Å². The number of phenolic OH excluding ortho intramolecular Hbond substituents is 1. The summed E-state index contributed by atoms with van der Waals surface area (Å²) < 4.78 is 5.24. The Morgan fingerprint density at radius 2 is 2.05 bits per heavy atom. The zero-order valence-corrected chi connectivity index (χ0v) is 12.6. The molecule has 0 saturated carbocycles. The number of phenols is 1. The van der Waals surface area contributed by atoms with Gasteiger partial charge in [0.2, 0.25) is 0 Å². The molecular formula is C16H25NO3. The van der Waals surface area contributed by atoms with E-state index in [0.717, 1.165) is 18.4 Å². The number of hydrogen-bond acceptors (Lipinski definition) is 4. The van der Waals surface area contributed by atoms with E-state index in [1.165, 1.54) is 0 Å². The number of nitrogens with two attached hydrogens (primary N) is 1. The minimum atomic E-state index is -0.442. The maximum absolute atomic E-state index is 11.6. The molecular weight excluding hydrogens is 254 g/mol. The van der Waals surface area contributed by atoms with E-state index >= 15 is 0 Å². The van der Waals surface area contributed by atoms with E-state index in [9.17, 15) is 9.90 Å². The highest BCUT2D eigenvalue weighted by molar-refractivity contribution is 5.69. The molecule has 0 radical (unpaired) electrons. The van der Waals surface area contributed by atoms with Gasteiger partial charge in [-0.3, -0.25) is 4.79 Å². The molecule has 20 heavy (non-hydrogen) atoms. The number of carbonyl (C=O) groups is 1. The fourth-order valence-corrected chi connectivity index (χ4v) is 1.90. The van der Waals surface area contributed by atoms with Crippen LogP contribution in [0, 0.1) is 0 Å². The van der Waals surface area contributed by atoms with Gasteiger partial charge in [-0.05, 0) is 57.7 Å². The van der Waals surface area contributed by atoms with Gasteiger partial charge in [-0.15, -0.1) is 0 Å². The van der Waals surface area contributed by atoms with Crippen LogP contribution >= 0.6 is 0 Å². The number of ether oxygens (including phenoxy) is 1. The van der Waals surface area contributed by atoms with Crippen molar-refractivity contribution in [1.82, 2.24) is 0 Å². The van der Waals surface area contributed by atoms with Crippen molar-refractivity contribution in [2.24, 2.45) is 5.73 Å². The first-order chi connectivity index (χ1) is 9.26. The second-order valence-electron chi connectivity index (χ2n) is 6.09. The quantitative estimate of drug-likeness (QED) is 0.785. The number of carbonyl (C=O) groups excluding carboxylic acids is 1. The molecule has 1 unspecified atom stereocenters. The highest BCUT2D eigenvalue weighted by Crippen LogP contribution is 2.14. The molecule has 0 saturated heterocycles. The molecule has 1 rings (SSSR count). The Bertz CT molecular complexity index is 438. The molecule has 0 amide bonds. The highest BCUT2D eigenvalue weighted by atomic mass is 16.6. The fourth-order valence-electron chi connectivity index (χ4n) is 1.90. The predicted molar refractivity (Wildman–Crippen MR) is 79.5 cm³/mol. The van der Waals surface area contributed by atoms with Gasteiger partial charge in [0.05, 0.1) is 0 Å². The van der Waals surface area contributed by atoms with Crippen molar-refractivity contribution in [3.8, 4) is 5.75 Å². The lowest BCUT2D eigenvalue weighted by Gasteiger charge is -2.20. The van der Waals surface area contributed by atoms with Crippen LogP contribution in [0.25, 0.3) is 0 Å². The summed E-state index contributed by atoms with van der Waals surface area (Å²) in [5, 5.41) is 9.37. The average Bonchev–Trinajstić information content (AvgIpc) is 2.32. The molecule has 112 valence electrons. The number of esters is 1. The summed E-state index contributed by atoms with van der Waals surface area (Å²) in [5.74, 6) is 0.0649. The van der Waals surface area contributed by atoms with Crippen LogP contribution in [0.5, 0.6) is 5.75 Å². The third-order valence-corrected chi connectivity index (χ3v) is 2.85. The summed E-state index contributed by atoms with van der Waals surface area (Å²) in [7, 11) is 0. The van der Waals surface area contributed by atoms with Crippen LogP contribution in [0.4, 0.5) is 0 Å². The molecule has 0 fully saturated rings. The van der Waals surface area contributed by atoms with E-state index in [2.05, 4.69) is 0 Å². The minimum absolute atomic E-state index is 0.0372. The van der Waals surface area contributed by atoms with Gasteiger partial charge in [-0.2, -0.15) is 0 Å². The summed E-state index contributed by atoms with van der Waals surface area (Å²) >= 11 is 0. The standard InChI is InChI=1S/C16H25NO3/c1-16(2,3)20-15(19)10-9-13(17)8-7-12-5-4-6-14(18)11-12/h4-6,11,13,18H,7-10,17H2,1-3H3. The van der Waals surface area contributed by atoms with E-state index in [4.69, 9.17) is 10.5 Å². The first kappa shape index (κ1) is 16.5. The molecule has 0 aliphatic carbocycles. The Hall–Kier alpha value is -1.55. The molecule has 4 heteroatoms. The van der Waals surface area contributed by atoms with E-state index in [1.54, 1.807) is 12.1 Å². The van der Waals surface area contributed by atoms with Gasteiger partial charge in [-0.25, -0.2) is 0 Å². The summed E-state index contributed by atoms with van der Waals surface area (Å²) in [6, 6.07) is 7.12. The molecule has 3 N–H and O–H groups in total. The number of aryl methyl sites for hydroxylation is 1. The lowest BCUT2D eigenvalue weighted by Crippen LogP contribution is -2.26. The van der Waals surface area contributed by atoms with Crippen molar-refractivity contribution in [1.29, 1.82) is 0 Å². The van der Waals surface area contributed by atoms with Crippen LogP contribution in [0.15, 0.2) is 24.3 Å². The lowest BCUT2D eigenvalue weighted by atomic mass is 10.0. The van der Waals surface area contributed by atoms with E-state index < -0.39 is 5.60 Å². The normalized spacial score (nSPS) is 13.0. The van der Waals surface area contributed by atoms with E-state index in [0.29, 0.717) is 12.8 Å². The summed E-state index contributed by atoms with van der Waals surface area (Å²) in [6.07, 6.45) is 2.54. The molecule has 0 heterocycles. The topological polar surface area (TPSA) is 72.5 Å². The third-order valence-electron chi connectivity index (χ3n) is 2.85. The lowest BCUT2D eigenvalue weighted by molar-refractivity contribution is -0.155. The monoisotopic (exact) mass is 279 g/mol. The van der Waals surface area contributed by atoms with E-state index in [1.807, 2.05) is 32.9 Å². The Morgan fingerprint density at radius 3 is 2.65 bits per heavy atom. The molecule has 1 aromatic carbocycles. The number of hydrogen-bond donors (Lipinski definition) is 2. The zero-order chi connectivity index (χ0) is 15.2. The van der Waals surface area contributed by atoms with Crippen LogP contribution in [-0.2, 0) is 16.0 Å². The third kappa shape index (κ3) is 7.14. The molecule has 1 atom stereocenters. The van der Waals surface area contributed by atoms with Gasteiger partial charge >= 0.3 is 5.97 Å². The molecule has 0 aliphatic heterocycles. The van der Waals surface area contributed by atoms with Gasteiger partial charge in [0, 0.05) is 12.5 Å². The second kappa shape index (κ2) is 7.29. The minimum Gasteiger partial charge on any atom is -0.508 e. The van der Waals surface area contributed by atoms with Crippen LogP contribution in [0.2, 0.25) is 0 Å². The summed E-state index contributed by atoms with van der Waals surface area (Å²) in [6.45, 7) is 5.56. The molecule has 0 bridgehead atoms. The van der Waals surface area contributed by atoms with Crippen LogP contribution in [0.3, 0.4) is 0 Å². The van der Waals surface area contributed by atoms with Crippen molar-refractivity contribution in [3.63, 3.8) is 0 Å². The Labute approximate surface area is 120 Å². The second-order valence-corrected chi connectivity index (χ2v) is 6.09. The van der Waals surface area contributed by atoms with Crippen molar-refractivity contribution < 1.29 is 14.6 Å². The Balaban J connectivity index is 2.27. The molecule has 1 aromatic rings. The molecule has 4 nitrogen and oxygen atoms in total.